The highest BCUT2D eigenvalue weighted by Crippen LogP contribution is 2.37. The van der Waals surface area contributed by atoms with Crippen molar-refractivity contribution in [3.63, 3.8) is 0 Å². The molecule has 0 atom stereocenters. The molecule has 1 saturated carbocycles. The van der Waals surface area contributed by atoms with Crippen LogP contribution in [0.4, 0.5) is 17.6 Å². The van der Waals surface area contributed by atoms with Gasteiger partial charge in [0.15, 0.2) is 0 Å². The first-order chi connectivity index (χ1) is 10.0. The molecule has 4 heteroatoms. The predicted molar refractivity (Wildman–Crippen MR) is 75.9 cm³/mol. The van der Waals surface area contributed by atoms with Gasteiger partial charge in [-0.1, -0.05) is 24.3 Å². The molecule has 0 radical (unpaired) electrons. The molecule has 0 bridgehead atoms. The fourth-order valence-electron chi connectivity index (χ4n) is 2.94. The summed E-state index contributed by atoms with van der Waals surface area (Å²) in [6.45, 7) is -0.322. The van der Waals surface area contributed by atoms with Crippen LogP contribution in [0.1, 0.15) is 49.1 Å². The Morgan fingerprint density at radius 3 is 2.14 bits per heavy atom. The zero-order chi connectivity index (χ0) is 15.3. The van der Waals surface area contributed by atoms with Gasteiger partial charge < -0.3 is 0 Å². The molecule has 0 heterocycles. The Labute approximate surface area is 122 Å². The molecule has 1 aliphatic carbocycles. The van der Waals surface area contributed by atoms with E-state index in [0.29, 0.717) is 18.3 Å². The first-order valence-electron chi connectivity index (χ1n) is 7.40. The van der Waals surface area contributed by atoms with Crippen molar-refractivity contribution in [3.8, 4) is 0 Å². The summed E-state index contributed by atoms with van der Waals surface area (Å²) in [5.74, 6) is 0.834. The van der Waals surface area contributed by atoms with Gasteiger partial charge in [-0.15, -0.1) is 0 Å². The van der Waals surface area contributed by atoms with Crippen LogP contribution in [-0.4, -0.2) is 6.67 Å². The molecular weight excluding hydrogens is 280 g/mol. The summed E-state index contributed by atoms with van der Waals surface area (Å²) in [4.78, 5) is 0. The average Bonchev–Trinajstić information content (AvgIpc) is 2.48. The molecular formula is C17H20F4. The van der Waals surface area contributed by atoms with E-state index in [4.69, 9.17) is 0 Å². The molecule has 2 rings (SSSR count). The van der Waals surface area contributed by atoms with E-state index < -0.39 is 11.7 Å². The summed E-state index contributed by atoms with van der Waals surface area (Å²) in [5, 5.41) is 0. The van der Waals surface area contributed by atoms with Crippen molar-refractivity contribution >= 4 is 0 Å². The number of hydrogen-bond donors (Lipinski definition) is 0. The predicted octanol–water partition coefficient (Wildman–Crippen LogP) is 5.90. The van der Waals surface area contributed by atoms with Crippen LogP contribution < -0.4 is 0 Å². The molecule has 0 N–H and O–H groups in total. The van der Waals surface area contributed by atoms with Crippen LogP contribution in [0.15, 0.2) is 36.4 Å². The molecule has 1 fully saturated rings. The zero-order valence-electron chi connectivity index (χ0n) is 11.9. The minimum atomic E-state index is -4.27. The molecule has 0 nitrogen and oxygen atoms in total. The first kappa shape index (κ1) is 16.1. The number of hydrogen-bond acceptors (Lipinski definition) is 0. The van der Waals surface area contributed by atoms with Crippen LogP contribution in [0.25, 0.3) is 0 Å². The van der Waals surface area contributed by atoms with Crippen LogP contribution in [0.3, 0.4) is 0 Å². The minimum Gasteiger partial charge on any atom is -0.251 e. The monoisotopic (exact) mass is 300 g/mol. The summed E-state index contributed by atoms with van der Waals surface area (Å²) in [7, 11) is 0. The Bertz CT molecular complexity index is 451. The number of allylic oxidation sites excluding steroid dienone is 2. The smallest absolute Gasteiger partial charge is 0.251 e. The molecule has 0 saturated heterocycles. The topological polar surface area (TPSA) is 0 Å². The second-order valence-corrected chi connectivity index (χ2v) is 5.64. The zero-order valence-corrected chi connectivity index (χ0v) is 11.9. The quantitative estimate of drug-likeness (QED) is 0.480. The lowest BCUT2D eigenvalue weighted by atomic mass is 9.78. The van der Waals surface area contributed by atoms with E-state index >= 15 is 0 Å². The second-order valence-electron chi connectivity index (χ2n) is 5.64. The molecule has 1 aromatic rings. The Morgan fingerprint density at radius 1 is 1.00 bits per heavy atom. The van der Waals surface area contributed by atoms with Crippen LogP contribution in [-0.2, 0) is 6.18 Å². The van der Waals surface area contributed by atoms with Gasteiger partial charge in [0.25, 0.3) is 0 Å². The van der Waals surface area contributed by atoms with Gasteiger partial charge in [-0.3, -0.25) is 4.39 Å². The third kappa shape index (κ3) is 4.58. The third-order valence-corrected chi connectivity index (χ3v) is 4.17. The molecule has 0 aromatic heterocycles. The maximum Gasteiger partial charge on any atom is 0.416 e. The largest absolute Gasteiger partial charge is 0.416 e. The number of rotatable bonds is 4. The van der Waals surface area contributed by atoms with Crippen LogP contribution in [0, 0.1) is 5.92 Å². The number of alkyl halides is 4. The summed E-state index contributed by atoms with van der Waals surface area (Å²) >= 11 is 0. The highest BCUT2D eigenvalue weighted by atomic mass is 19.4. The van der Waals surface area contributed by atoms with Gasteiger partial charge in [-0.25, -0.2) is 0 Å². The van der Waals surface area contributed by atoms with Crippen LogP contribution in [0.5, 0.6) is 0 Å². The normalized spacial score (nSPS) is 23.6. The van der Waals surface area contributed by atoms with Crippen molar-refractivity contribution in [3.05, 3.63) is 47.5 Å². The summed E-state index contributed by atoms with van der Waals surface area (Å²) in [5.41, 5.74) is 0.406. The summed E-state index contributed by atoms with van der Waals surface area (Å²) < 4.78 is 49.6. The highest BCUT2D eigenvalue weighted by Gasteiger charge is 2.30. The van der Waals surface area contributed by atoms with Gasteiger partial charge >= 0.3 is 6.18 Å². The van der Waals surface area contributed by atoms with Crippen LogP contribution >= 0.6 is 0 Å². The molecule has 1 aliphatic rings. The molecule has 0 aliphatic heterocycles. The van der Waals surface area contributed by atoms with E-state index in [-0.39, 0.29) is 6.67 Å². The summed E-state index contributed by atoms with van der Waals surface area (Å²) in [6.07, 6.45) is 4.19. The van der Waals surface area contributed by atoms with Gasteiger partial charge in [-0.05, 0) is 61.6 Å². The van der Waals surface area contributed by atoms with Crippen molar-refractivity contribution in [2.24, 2.45) is 5.92 Å². The van der Waals surface area contributed by atoms with Crippen molar-refractivity contribution in [1.82, 2.24) is 0 Å². The highest BCUT2D eigenvalue weighted by molar-refractivity contribution is 5.27. The van der Waals surface area contributed by atoms with Gasteiger partial charge in [0.05, 0.1) is 12.2 Å². The van der Waals surface area contributed by atoms with Gasteiger partial charge in [0.2, 0.25) is 0 Å². The van der Waals surface area contributed by atoms with E-state index in [1.54, 1.807) is 12.1 Å². The van der Waals surface area contributed by atoms with Gasteiger partial charge in [-0.2, -0.15) is 13.2 Å². The fraction of sp³-hybridized carbons (Fsp3) is 0.529. The molecule has 0 spiro atoms. The Kier molecular flexibility index (Phi) is 5.43. The van der Waals surface area contributed by atoms with E-state index in [2.05, 4.69) is 6.08 Å². The van der Waals surface area contributed by atoms with E-state index in [1.165, 1.54) is 12.1 Å². The molecule has 1 aromatic carbocycles. The maximum atomic E-state index is 12.5. The second kappa shape index (κ2) is 7.10. The van der Waals surface area contributed by atoms with Crippen molar-refractivity contribution in [2.45, 2.75) is 44.2 Å². The lowest BCUT2D eigenvalue weighted by Gasteiger charge is -2.27. The Morgan fingerprint density at radius 2 is 1.62 bits per heavy atom. The van der Waals surface area contributed by atoms with Gasteiger partial charge in [0, 0.05) is 0 Å². The average molecular weight is 300 g/mol. The molecule has 0 amide bonds. The molecule has 21 heavy (non-hydrogen) atoms. The van der Waals surface area contributed by atoms with E-state index in [0.717, 1.165) is 31.2 Å². The molecule has 0 unspecified atom stereocenters. The lowest BCUT2D eigenvalue weighted by molar-refractivity contribution is -0.137. The van der Waals surface area contributed by atoms with E-state index in [1.807, 2.05) is 6.08 Å². The van der Waals surface area contributed by atoms with Crippen LogP contribution in [0.2, 0.25) is 0 Å². The Hall–Kier alpha value is -1.32. The van der Waals surface area contributed by atoms with Gasteiger partial charge in [0.1, 0.15) is 0 Å². The minimum absolute atomic E-state index is 0.322. The number of benzene rings is 1. The third-order valence-electron chi connectivity index (χ3n) is 4.17. The standard InChI is InChI=1S/C17H20F4/c18-12-2-1-3-13-4-6-14(7-5-13)15-8-10-16(11-9-15)17(19,20)21/h1,3,8-11,13-14H,2,4-7,12H2/t13-,14-. The molecule has 116 valence electrons. The lowest BCUT2D eigenvalue weighted by Crippen LogP contribution is -2.12. The van der Waals surface area contributed by atoms with Crippen molar-refractivity contribution in [1.29, 1.82) is 0 Å². The SMILES string of the molecule is FCCC=C[C@H]1CC[C@H](c2ccc(C(F)(F)F)cc2)CC1. The fourth-order valence-corrected chi connectivity index (χ4v) is 2.94. The maximum absolute atomic E-state index is 12.5. The van der Waals surface area contributed by atoms with Crippen molar-refractivity contribution < 1.29 is 17.6 Å². The van der Waals surface area contributed by atoms with E-state index in [9.17, 15) is 17.6 Å². The summed E-state index contributed by atoms with van der Waals surface area (Å²) in [6, 6.07) is 5.55. The number of halogens is 4. The van der Waals surface area contributed by atoms with Crippen molar-refractivity contribution in [2.75, 3.05) is 6.67 Å². The Balaban J connectivity index is 1.90. The first-order valence-corrected chi connectivity index (χ1v) is 7.40.